The molecule has 1 aliphatic rings. The Morgan fingerprint density at radius 1 is 0.839 bits per heavy atom. The maximum absolute atomic E-state index is 6.25. The van der Waals surface area contributed by atoms with Crippen LogP contribution in [0, 0.1) is 0 Å². The van der Waals surface area contributed by atoms with Crippen molar-refractivity contribution in [2.75, 3.05) is 0 Å². The van der Waals surface area contributed by atoms with Crippen molar-refractivity contribution in [2.24, 2.45) is 0 Å². The largest absolute Gasteiger partial charge is 0.494 e. The highest BCUT2D eigenvalue weighted by Gasteiger charge is 2.51. The zero-order chi connectivity index (χ0) is 21.4. The first kappa shape index (κ1) is 19.1. The highest BCUT2D eigenvalue weighted by Crippen LogP contribution is 2.40. The van der Waals surface area contributed by atoms with E-state index in [1.165, 1.54) is 0 Å². The third-order valence-electron chi connectivity index (χ3n) is 6.56. The second-order valence-electron chi connectivity index (χ2n) is 9.12. The van der Waals surface area contributed by atoms with E-state index in [4.69, 9.17) is 18.7 Å². The smallest absolute Gasteiger partial charge is 0.456 e. The highest BCUT2D eigenvalue weighted by molar-refractivity contribution is 7.22. The lowest BCUT2D eigenvalue weighted by molar-refractivity contribution is 0.00578. The molecule has 0 radical (unpaired) electrons. The van der Waals surface area contributed by atoms with E-state index in [1.807, 2.05) is 36.4 Å². The minimum absolute atomic E-state index is 0.372. The van der Waals surface area contributed by atoms with Crippen molar-refractivity contribution in [3.8, 4) is 10.6 Å². The molecule has 2 aromatic heterocycles. The van der Waals surface area contributed by atoms with E-state index in [2.05, 4.69) is 52.0 Å². The number of hydrogen-bond donors (Lipinski definition) is 0. The number of hydrogen-bond acceptors (Lipinski definition) is 5. The maximum Gasteiger partial charge on any atom is 0.494 e. The number of fused-ring (bicyclic) bond motifs is 5. The van der Waals surface area contributed by atoms with E-state index in [9.17, 15) is 0 Å². The Bertz CT molecular complexity index is 1440. The van der Waals surface area contributed by atoms with E-state index in [-0.39, 0.29) is 11.2 Å². The molecule has 0 bridgehead atoms. The van der Waals surface area contributed by atoms with Gasteiger partial charge in [0.25, 0.3) is 0 Å². The number of benzene rings is 3. The van der Waals surface area contributed by atoms with Gasteiger partial charge >= 0.3 is 7.12 Å². The molecule has 6 heteroatoms. The van der Waals surface area contributed by atoms with Crippen molar-refractivity contribution >= 4 is 56.1 Å². The molecule has 31 heavy (non-hydrogen) atoms. The van der Waals surface area contributed by atoms with Gasteiger partial charge in [0.15, 0.2) is 0 Å². The van der Waals surface area contributed by atoms with Crippen LogP contribution in [0.25, 0.3) is 42.7 Å². The molecule has 0 atom stereocenters. The van der Waals surface area contributed by atoms with Crippen LogP contribution < -0.4 is 5.46 Å². The van der Waals surface area contributed by atoms with Crippen LogP contribution in [0.1, 0.15) is 27.7 Å². The second kappa shape index (κ2) is 6.42. The molecule has 154 valence electrons. The lowest BCUT2D eigenvalue weighted by Gasteiger charge is -2.32. The molecular formula is C25H22BNO3S. The third kappa shape index (κ3) is 2.86. The van der Waals surface area contributed by atoms with E-state index >= 15 is 0 Å². The van der Waals surface area contributed by atoms with Crippen LogP contribution in [-0.2, 0) is 9.31 Å². The van der Waals surface area contributed by atoms with Gasteiger partial charge in [-0.05, 0) is 51.4 Å². The Morgan fingerprint density at radius 3 is 2.32 bits per heavy atom. The lowest BCUT2D eigenvalue weighted by Crippen LogP contribution is -2.41. The average molecular weight is 427 g/mol. The Morgan fingerprint density at radius 2 is 1.58 bits per heavy atom. The number of furan rings is 1. The van der Waals surface area contributed by atoms with Gasteiger partial charge < -0.3 is 13.7 Å². The molecule has 1 saturated heterocycles. The van der Waals surface area contributed by atoms with Gasteiger partial charge in [-0.15, -0.1) is 11.3 Å². The Kier molecular flexibility index (Phi) is 3.95. The molecule has 0 N–H and O–H groups in total. The summed E-state index contributed by atoms with van der Waals surface area (Å²) in [5, 5.41) is 3.23. The molecule has 5 aromatic rings. The van der Waals surface area contributed by atoms with Crippen LogP contribution in [0.3, 0.4) is 0 Å². The van der Waals surface area contributed by atoms with Gasteiger partial charge in [0.1, 0.15) is 16.2 Å². The second-order valence-corrected chi connectivity index (χ2v) is 10.1. The van der Waals surface area contributed by atoms with Crippen LogP contribution in [0.4, 0.5) is 0 Å². The summed E-state index contributed by atoms with van der Waals surface area (Å²) in [4.78, 5) is 4.87. The molecule has 0 aliphatic carbocycles. The third-order valence-corrected chi connectivity index (χ3v) is 7.70. The molecule has 0 saturated carbocycles. The first-order chi connectivity index (χ1) is 14.8. The fraction of sp³-hybridized carbons (Fsp3) is 0.240. The van der Waals surface area contributed by atoms with Gasteiger partial charge in [-0.3, -0.25) is 0 Å². The van der Waals surface area contributed by atoms with Crippen molar-refractivity contribution in [3.05, 3.63) is 60.7 Å². The van der Waals surface area contributed by atoms with Gasteiger partial charge in [-0.2, -0.15) is 0 Å². The maximum atomic E-state index is 6.25. The van der Waals surface area contributed by atoms with Crippen LogP contribution >= 0.6 is 11.3 Å². The summed E-state index contributed by atoms with van der Waals surface area (Å²) in [7, 11) is -0.407. The summed E-state index contributed by atoms with van der Waals surface area (Å²) in [6.45, 7) is 8.27. The number of thiazole rings is 1. The molecule has 0 spiro atoms. The normalized spacial score (nSPS) is 17.9. The fourth-order valence-electron chi connectivity index (χ4n) is 4.09. The molecule has 3 heterocycles. The monoisotopic (exact) mass is 427 g/mol. The first-order valence-electron chi connectivity index (χ1n) is 10.5. The van der Waals surface area contributed by atoms with Gasteiger partial charge in [0, 0.05) is 16.3 Å². The quantitative estimate of drug-likeness (QED) is 0.317. The summed E-state index contributed by atoms with van der Waals surface area (Å²) in [5.74, 6) is 0. The molecule has 1 fully saturated rings. The van der Waals surface area contributed by atoms with Gasteiger partial charge in [0.05, 0.1) is 21.4 Å². The van der Waals surface area contributed by atoms with Crippen molar-refractivity contribution in [3.63, 3.8) is 0 Å². The Hall–Kier alpha value is -2.67. The molecule has 4 nitrogen and oxygen atoms in total. The van der Waals surface area contributed by atoms with E-state index in [0.717, 1.165) is 48.2 Å². The minimum atomic E-state index is -0.407. The van der Waals surface area contributed by atoms with E-state index in [0.29, 0.717) is 0 Å². The van der Waals surface area contributed by atoms with Crippen LogP contribution in [0.15, 0.2) is 65.1 Å². The molecular weight excluding hydrogens is 405 g/mol. The highest BCUT2D eigenvalue weighted by atomic mass is 32.1. The van der Waals surface area contributed by atoms with Crippen molar-refractivity contribution in [1.29, 1.82) is 0 Å². The molecule has 0 amide bonds. The molecule has 6 rings (SSSR count). The minimum Gasteiger partial charge on any atom is -0.456 e. The predicted molar refractivity (Wildman–Crippen MR) is 128 cm³/mol. The zero-order valence-electron chi connectivity index (χ0n) is 17.9. The van der Waals surface area contributed by atoms with Crippen molar-refractivity contribution < 1.29 is 13.7 Å². The summed E-state index contributed by atoms with van der Waals surface area (Å²) < 4.78 is 19.8. The number of rotatable bonds is 2. The van der Waals surface area contributed by atoms with Gasteiger partial charge in [0.2, 0.25) is 0 Å². The molecule has 3 aromatic carbocycles. The van der Waals surface area contributed by atoms with Crippen molar-refractivity contribution in [2.45, 2.75) is 38.9 Å². The average Bonchev–Trinajstić information content (AvgIpc) is 3.39. The molecule has 0 unspecified atom stereocenters. The van der Waals surface area contributed by atoms with Crippen LogP contribution in [0.2, 0.25) is 0 Å². The predicted octanol–water partition coefficient (Wildman–Crippen LogP) is 6.16. The summed E-state index contributed by atoms with van der Waals surface area (Å²) in [6.07, 6.45) is 0. The Balaban J connectivity index is 1.49. The number of aromatic nitrogens is 1. The van der Waals surface area contributed by atoms with Crippen LogP contribution in [0.5, 0.6) is 0 Å². The summed E-state index contributed by atoms with van der Waals surface area (Å²) in [6, 6.07) is 20.6. The van der Waals surface area contributed by atoms with Crippen molar-refractivity contribution in [1.82, 2.24) is 4.98 Å². The summed E-state index contributed by atoms with van der Waals surface area (Å²) >= 11 is 1.71. The fourth-order valence-corrected chi connectivity index (χ4v) is 5.21. The summed E-state index contributed by atoms with van der Waals surface area (Å²) in [5.41, 5.74) is 4.06. The van der Waals surface area contributed by atoms with Crippen LogP contribution in [-0.4, -0.2) is 23.3 Å². The first-order valence-corrected chi connectivity index (χ1v) is 11.3. The van der Waals surface area contributed by atoms with Gasteiger partial charge in [-0.1, -0.05) is 42.5 Å². The molecule has 1 aliphatic heterocycles. The number of nitrogens with zero attached hydrogens (tertiary/aromatic N) is 1. The Labute approximate surface area is 184 Å². The SMILES string of the molecule is CC1(C)OB(c2ccc3c(c2)oc2ccc4nc(-c5ccccc5)sc4c23)OC1(C)C. The standard InChI is InChI=1S/C25H22BNO3S/c1-24(2)25(3,4)30-26(29-24)16-10-11-17-20(14-16)28-19-13-12-18-22(21(17)19)31-23(27-18)15-8-6-5-7-9-15/h5-14H,1-4H3. The zero-order valence-corrected chi connectivity index (χ0v) is 18.7. The van der Waals surface area contributed by atoms with E-state index in [1.54, 1.807) is 11.3 Å². The lowest BCUT2D eigenvalue weighted by atomic mass is 9.79. The van der Waals surface area contributed by atoms with E-state index < -0.39 is 7.12 Å². The van der Waals surface area contributed by atoms with Gasteiger partial charge in [-0.25, -0.2) is 4.98 Å². The topological polar surface area (TPSA) is 44.5 Å².